The summed E-state index contributed by atoms with van der Waals surface area (Å²) in [5, 5.41) is 18.8. The van der Waals surface area contributed by atoms with Gasteiger partial charge in [0, 0.05) is 43.7 Å². The zero-order valence-electron chi connectivity index (χ0n) is 41.4. The van der Waals surface area contributed by atoms with Gasteiger partial charge in [0.05, 0.1) is 46.4 Å². The number of rotatable bonds is 8. The van der Waals surface area contributed by atoms with E-state index in [2.05, 4.69) is 215 Å². The first-order valence-corrected chi connectivity index (χ1v) is 25.7. The Balaban J connectivity index is 1.11. The maximum atomic E-state index is 10.5. The Morgan fingerprint density at radius 2 is 0.792 bits per heavy atom. The van der Waals surface area contributed by atoms with Gasteiger partial charge in [-0.15, -0.1) is 0 Å². The third-order valence-corrected chi connectivity index (χ3v) is 15.7. The first kappa shape index (κ1) is 43.9. The highest BCUT2D eigenvalue weighted by Crippen LogP contribution is 2.63. The number of hydrogen-bond donors (Lipinski definition) is 0. The van der Waals surface area contributed by atoms with Crippen LogP contribution in [0.5, 0.6) is 0 Å². The lowest BCUT2D eigenvalue weighted by atomic mass is 9.67. The quantitative estimate of drug-likeness (QED) is 0.142. The van der Waals surface area contributed by atoms with Crippen LogP contribution in [0.15, 0.2) is 264 Å². The zero-order chi connectivity index (χ0) is 51.2. The topological polar surface area (TPSA) is 60.9 Å². The van der Waals surface area contributed by atoms with Crippen LogP contribution in [-0.2, 0) is 5.41 Å². The summed E-state index contributed by atoms with van der Waals surface area (Å²) < 4.78 is 13.8. The zero-order valence-corrected chi connectivity index (χ0v) is 41.4. The number of nitriles is 1. The van der Waals surface area contributed by atoms with Crippen LogP contribution in [0.2, 0.25) is 0 Å². The lowest BCUT2D eigenvalue weighted by molar-refractivity contribution is 0.669. The predicted octanol–water partition coefficient (Wildman–Crippen LogP) is 19.5. The van der Waals surface area contributed by atoms with E-state index < -0.39 is 5.41 Å². The van der Waals surface area contributed by atoms with E-state index in [-0.39, 0.29) is 0 Å². The van der Waals surface area contributed by atoms with E-state index in [1.54, 1.807) is 0 Å². The molecule has 0 atom stereocenters. The van der Waals surface area contributed by atoms with E-state index in [1.165, 1.54) is 0 Å². The van der Waals surface area contributed by atoms with Crippen LogP contribution in [0, 0.1) is 17.9 Å². The lowest BCUT2D eigenvalue weighted by Crippen LogP contribution is -2.29. The molecule has 0 unspecified atom stereocenters. The van der Waals surface area contributed by atoms with Crippen molar-refractivity contribution in [2.24, 2.45) is 0 Å². The molecule has 0 bridgehead atoms. The second-order valence-corrected chi connectivity index (χ2v) is 19.7. The van der Waals surface area contributed by atoms with Crippen molar-refractivity contribution in [3.8, 4) is 17.2 Å². The van der Waals surface area contributed by atoms with Crippen LogP contribution in [0.1, 0.15) is 27.8 Å². The molecular weight excluding hydrogens is 941 g/mol. The van der Waals surface area contributed by atoms with Crippen molar-refractivity contribution in [3.63, 3.8) is 0 Å². The molecule has 2 aromatic heterocycles. The number of para-hydroxylation sites is 4. The molecular formula is C71H42N4O2. The third-order valence-electron chi connectivity index (χ3n) is 15.7. The van der Waals surface area contributed by atoms with Crippen LogP contribution in [-0.4, -0.2) is 0 Å². The fraction of sp³-hybridized carbons (Fsp3) is 0.0141. The first-order valence-electron chi connectivity index (χ1n) is 25.7. The molecule has 6 heteroatoms. The van der Waals surface area contributed by atoms with E-state index in [0.717, 1.165) is 133 Å². The van der Waals surface area contributed by atoms with Crippen molar-refractivity contribution in [1.29, 1.82) is 5.26 Å². The van der Waals surface area contributed by atoms with Gasteiger partial charge in [-0.25, -0.2) is 4.85 Å². The minimum atomic E-state index is -0.911. The number of anilines is 6. The molecule has 0 amide bonds. The van der Waals surface area contributed by atoms with E-state index in [9.17, 15) is 5.26 Å². The van der Waals surface area contributed by atoms with Gasteiger partial charge in [0.2, 0.25) is 0 Å². The van der Waals surface area contributed by atoms with Gasteiger partial charge in [0.1, 0.15) is 11.2 Å². The van der Waals surface area contributed by atoms with Crippen LogP contribution >= 0.6 is 0 Å². The summed E-state index contributed by atoms with van der Waals surface area (Å²) in [6.45, 7) is 8.22. The maximum absolute atomic E-state index is 10.5. The Labute approximate surface area is 443 Å². The van der Waals surface area contributed by atoms with Crippen molar-refractivity contribution in [1.82, 2.24) is 0 Å². The largest absolute Gasteiger partial charge is 0.454 e. The minimum Gasteiger partial charge on any atom is -0.454 e. The summed E-state index contributed by atoms with van der Waals surface area (Å²) in [4.78, 5) is 8.55. The molecule has 14 aromatic rings. The molecule has 0 N–H and O–H groups in total. The molecule has 0 saturated carbocycles. The van der Waals surface area contributed by atoms with Gasteiger partial charge < -0.3 is 18.6 Å². The molecule has 15 rings (SSSR count). The van der Waals surface area contributed by atoms with Gasteiger partial charge in [-0.3, -0.25) is 0 Å². The Kier molecular flexibility index (Phi) is 9.81. The highest BCUT2D eigenvalue weighted by molar-refractivity contribution is 6.20. The van der Waals surface area contributed by atoms with Crippen LogP contribution in [0.4, 0.5) is 39.8 Å². The number of benzene rings is 12. The average Bonchev–Trinajstić information content (AvgIpc) is 4.04. The maximum Gasteiger partial charge on any atom is 0.189 e. The van der Waals surface area contributed by atoms with E-state index in [0.29, 0.717) is 11.3 Å². The summed E-state index contributed by atoms with van der Waals surface area (Å²) in [6.07, 6.45) is 0. The summed E-state index contributed by atoms with van der Waals surface area (Å²) in [7, 11) is 0. The normalized spacial score (nSPS) is 12.5. The van der Waals surface area contributed by atoms with Gasteiger partial charge in [-0.1, -0.05) is 188 Å². The monoisotopic (exact) mass is 982 g/mol. The summed E-state index contributed by atoms with van der Waals surface area (Å²) in [6, 6.07) is 91.5. The molecule has 0 spiro atoms. The molecule has 1 aliphatic rings. The van der Waals surface area contributed by atoms with E-state index in [4.69, 9.17) is 15.4 Å². The van der Waals surface area contributed by atoms with Crippen molar-refractivity contribution in [2.75, 3.05) is 9.80 Å². The van der Waals surface area contributed by atoms with Crippen molar-refractivity contribution < 1.29 is 8.83 Å². The van der Waals surface area contributed by atoms with Crippen LogP contribution < -0.4 is 9.80 Å². The molecule has 12 aromatic carbocycles. The fourth-order valence-corrected chi connectivity index (χ4v) is 12.6. The molecule has 2 heterocycles. The molecule has 358 valence electrons. The van der Waals surface area contributed by atoms with Crippen LogP contribution in [0.3, 0.4) is 0 Å². The van der Waals surface area contributed by atoms with Crippen molar-refractivity contribution >= 4 is 105 Å². The number of hydrogen-bond acceptors (Lipinski definition) is 5. The SMILES string of the molecule is [C-]#[N+]c1cccc(N(c2cc3c(c4ccccc24)-c2c(cc(N(c4cccc(C#N)c4)c4cccc5c4oc4ccccc45)c4ccccc24)C3(c2ccccc2)c2ccccc2)c2cccc3c2oc2ccccc23)c1. The Hall–Kier alpha value is -10.7. The van der Waals surface area contributed by atoms with Crippen molar-refractivity contribution in [3.05, 3.63) is 294 Å². The van der Waals surface area contributed by atoms with Crippen LogP contribution in [0.25, 0.3) is 81.4 Å². The Morgan fingerprint density at radius 1 is 0.377 bits per heavy atom. The summed E-state index contributed by atoms with van der Waals surface area (Å²) in [5.74, 6) is 0. The minimum absolute atomic E-state index is 0.535. The van der Waals surface area contributed by atoms with Gasteiger partial charge in [-0.05, 0) is 111 Å². The second kappa shape index (κ2) is 17.2. The number of fused-ring (bicyclic) bond motifs is 13. The first-order chi connectivity index (χ1) is 38.1. The number of furan rings is 2. The number of nitrogens with zero attached hydrogens (tertiary/aromatic N) is 4. The molecule has 1 aliphatic carbocycles. The Morgan fingerprint density at radius 3 is 1.29 bits per heavy atom. The lowest BCUT2D eigenvalue weighted by Gasteiger charge is -2.36. The second-order valence-electron chi connectivity index (χ2n) is 19.7. The smallest absolute Gasteiger partial charge is 0.189 e. The molecule has 0 saturated heterocycles. The molecule has 0 fully saturated rings. The standard InChI is InChI=1S/C71H42N4O2/c1-73-48-25-17-27-50(41-48)75(62-37-19-35-58-54-31-13-15-39-66(54)77-70(58)62)64-43-60-68(56-33-11-9-29-52(56)64)67-55-32-10-8-28-51(55)63(42-59(67)71(60,46-21-4-2-5-22-46)47-23-6-3-7-24-47)74(49-26-16-20-45(40-49)44-72)61-36-18-34-57-53-30-12-14-38-65(53)76-69(57)61/h2-43H. The van der Waals surface area contributed by atoms with Gasteiger partial charge in [0.25, 0.3) is 0 Å². The molecule has 77 heavy (non-hydrogen) atoms. The van der Waals surface area contributed by atoms with Crippen molar-refractivity contribution in [2.45, 2.75) is 5.41 Å². The van der Waals surface area contributed by atoms with Gasteiger partial charge in [0.15, 0.2) is 16.9 Å². The fourth-order valence-electron chi connectivity index (χ4n) is 12.6. The predicted molar refractivity (Wildman–Crippen MR) is 314 cm³/mol. The summed E-state index contributed by atoms with van der Waals surface area (Å²) in [5.41, 5.74) is 15.2. The molecule has 6 nitrogen and oxygen atoms in total. The van der Waals surface area contributed by atoms with Gasteiger partial charge >= 0.3 is 0 Å². The van der Waals surface area contributed by atoms with E-state index in [1.807, 2.05) is 60.7 Å². The van der Waals surface area contributed by atoms with E-state index >= 15 is 0 Å². The summed E-state index contributed by atoms with van der Waals surface area (Å²) >= 11 is 0. The highest BCUT2D eigenvalue weighted by atomic mass is 16.3. The average molecular weight is 983 g/mol. The Bertz CT molecular complexity index is 4500. The molecule has 0 radical (unpaired) electrons. The molecule has 0 aliphatic heterocycles. The van der Waals surface area contributed by atoms with Gasteiger partial charge in [-0.2, -0.15) is 5.26 Å². The highest BCUT2D eigenvalue weighted by Gasteiger charge is 2.49. The third kappa shape index (κ3) is 6.47.